The molecule has 1 unspecified atom stereocenters. The molecule has 0 spiro atoms. The predicted octanol–water partition coefficient (Wildman–Crippen LogP) is 2.65. The lowest BCUT2D eigenvalue weighted by atomic mass is 10.2. The summed E-state index contributed by atoms with van der Waals surface area (Å²) in [5.74, 6) is 0.623. The van der Waals surface area contributed by atoms with Gasteiger partial charge in [-0.15, -0.1) is 0 Å². The molecule has 1 aromatic heterocycles. The molecule has 6 heteroatoms. The molecule has 0 radical (unpaired) electrons. The van der Waals surface area contributed by atoms with Crippen LogP contribution >= 0.6 is 0 Å². The minimum atomic E-state index is -3.57. The summed E-state index contributed by atoms with van der Waals surface area (Å²) in [7, 11) is -3.57. The first-order valence-electron chi connectivity index (χ1n) is 7.35. The zero-order chi connectivity index (χ0) is 15.4. The topological polar surface area (TPSA) is 59.8 Å². The van der Waals surface area contributed by atoms with E-state index in [-0.39, 0.29) is 12.6 Å². The Bertz CT molecular complexity index is 676. The molecule has 1 saturated heterocycles. The van der Waals surface area contributed by atoms with Gasteiger partial charge in [0.25, 0.3) is 0 Å². The van der Waals surface area contributed by atoms with Crippen molar-refractivity contribution >= 4 is 10.0 Å². The van der Waals surface area contributed by atoms with Gasteiger partial charge in [-0.25, -0.2) is 8.42 Å². The third-order valence-electron chi connectivity index (χ3n) is 3.72. The molecular formula is C16H19NO4S. The van der Waals surface area contributed by atoms with E-state index in [9.17, 15) is 8.42 Å². The van der Waals surface area contributed by atoms with Crippen molar-refractivity contribution in [3.8, 4) is 0 Å². The number of sulfonamides is 1. The molecule has 2 heterocycles. The molecule has 1 fully saturated rings. The van der Waals surface area contributed by atoms with Crippen LogP contribution in [0.25, 0.3) is 0 Å². The number of benzene rings is 1. The lowest BCUT2D eigenvalue weighted by Gasteiger charge is -2.24. The van der Waals surface area contributed by atoms with Gasteiger partial charge in [0.05, 0.1) is 23.8 Å². The first-order valence-corrected chi connectivity index (χ1v) is 8.79. The van der Waals surface area contributed by atoms with Gasteiger partial charge in [0.15, 0.2) is 0 Å². The highest BCUT2D eigenvalue weighted by Gasteiger charge is 2.29. The number of hydrogen-bond acceptors (Lipinski definition) is 4. The normalized spacial score (nSPS) is 18.9. The molecule has 3 rings (SSSR count). The maximum Gasteiger partial charge on any atom is 0.243 e. The highest BCUT2D eigenvalue weighted by atomic mass is 32.2. The zero-order valence-electron chi connectivity index (χ0n) is 12.2. The first-order chi connectivity index (χ1) is 10.7. The van der Waals surface area contributed by atoms with E-state index in [1.165, 1.54) is 4.31 Å². The third kappa shape index (κ3) is 3.40. The van der Waals surface area contributed by atoms with E-state index >= 15 is 0 Å². The van der Waals surface area contributed by atoms with Crippen LogP contribution < -0.4 is 0 Å². The van der Waals surface area contributed by atoms with Crippen molar-refractivity contribution in [2.75, 3.05) is 13.2 Å². The van der Waals surface area contributed by atoms with E-state index in [2.05, 4.69) is 0 Å². The van der Waals surface area contributed by atoms with Crippen molar-refractivity contribution in [3.05, 3.63) is 54.5 Å². The monoisotopic (exact) mass is 321 g/mol. The van der Waals surface area contributed by atoms with E-state index in [4.69, 9.17) is 9.15 Å². The highest BCUT2D eigenvalue weighted by molar-refractivity contribution is 7.89. The maximum atomic E-state index is 12.9. The summed E-state index contributed by atoms with van der Waals surface area (Å²) >= 11 is 0. The summed E-state index contributed by atoms with van der Waals surface area (Å²) in [6.45, 7) is 1.26. The molecule has 1 aliphatic heterocycles. The molecule has 0 amide bonds. The van der Waals surface area contributed by atoms with Crippen molar-refractivity contribution in [1.29, 1.82) is 0 Å². The maximum absolute atomic E-state index is 12.9. The third-order valence-corrected chi connectivity index (χ3v) is 5.55. The van der Waals surface area contributed by atoms with Gasteiger partial charge in [-0.3, -0.25) is 0 Å². The first kappa shape index (κ1) is 15.3. The molecule has 118 valence electrons. The van der Waals surface area contributed by atoms with Crippen molar-refractivity contribution in [1.82, 2.24) is 4.31 Å². The molecule has 5 nitrogen and oxygen atoms in total. The standard InChI is InChI=1S/C16H19NO4S/c18-22(19,16-8-2-1-3-9-16)17(12-14-6-4-10-20-14)13-15-7-5-11-21-15/h1-4,6,8-10,15H,5,7,11-13H2. The average molecular weight is 321 g/mol. The second-order valence-corrected chi connectivity index (χ2v) is 7.26. The number of hydrogen-bond donors (Lipinski definition) is 0. The second-order valence-electron chi connectivity index (χ2n) is 5.33. The lowest BCUT2D eigenvalue weighted by Crippen LogP contribution is -2.36. The summed E-state index contributed by atoms with van der Waals surface area (Å²) in [5.41, 5.74) is 0. The Balaban J connectivity index is 1.86. The van der Waals surface area contributed by atoms with Gasteiger partial charge in [-0.05, 0) is 37.1 Å². The van der Waals surface area contributed by atoms with Crippen LogP contribution in [-0.4, -0.2) is 32.0 Å². The Morgan fingerprint density at radius 2 is 1.95 bits per heavy atom. The summed E-state index contributed by atoms with van der Waals surface area (Å²) in [4.78, 5) is 0.291. The summed E-state index contributed by atoms with van der Waals surface area (Å²) in [5, 5.41) is 0. The number of nitrogens with zero attached hydrogens (tertiary/aromatic N) is 1. The molecule has 0 aliphatic carbocycles. The fourth-order valence-electron chi connectivity index (χ4n) is 2.58. The van der Waals surface area contributed by atoms with Gasteiger partial charge in [-0.1, -0.05) is 18.2 Å². The fourth-order valence-corrected chi connectivity index (χ4v) is 4.04. The van der Waals surface area contributed by atoms with Gasteiger partial charge in [0.1, 0.15) is 5.76 Å². The van der Waals surface area contributed by atoms with Crippen LogP contribution in [0.4, 0.5) is 0 Å². The van der Waals surface area contributed by atoms with Gasteiger partial charge >= 0.3 is 0 Å². The van der Waals surface area contributed by atoms with Gasteiger partial charge in [0.2, 0.25) is 10.0 Å². The van der Waals surface area contributed by atoms with Gasteiger partial charge < -0.3 is 9.15 Å². The predicted molar refractivity (Wildman–Crippen MR) is 81.7 cm³/mol. The number of furan rings is 1. The van der Waals surface area contributed by atoms with E-state index < -0.39 is 10.0 Å². The van der Waals surface area contributed by atoms with Crippen LogP contribution in [0.2, 0.25) is 0 Å². The Labute approximate surface area is 130 Å². The molecule has 2 aromatic rings. The molecule has 22 heavy (non-hydrogen) atoms. The lowest BCUT2D eigenvalue weighted by molar-refractivity contribution is 0.0914. The van der Waals surface area contributed by atoms with E-state index in [1.54, 1.807) is 48.7 Å². The van der Waals surface area contributed by atoms with Crippen molar-refractivity contribution in [3.63, 3.8) is 0 Å². The van der Waals surface area contributed by atoms with Crippen molar-refractivity contribution in [2.24, 2.45) is 0 Å². The smallest absolute Gasteiger partial charge is 0.243 e. The zero-order valence-corrected chi connectivity index (χ0v) is 13.0. The number of rotatable bonds is 6. The largest absolute Gasteiger partial charge is 0.468 e. The van der Waals surface area contributed by atoms with Crippen LogP contribution in [-0.2, 0) is 21.3 Å². The fraction of sp³-hybridized carbons (Fsp3) is 0.375. The van der Waals surface area contributed by atoms with Crippen molar-refractivity contribution < 1.29 is 17.6 Å². The van der Waals surface area contributed by atoms with E-state index in [0.29, 0.717) is 23.8 Å². The van der Waals surface area contributed by atoms with E-state index in [1.807, 2.05) is 0 Å². The summed E-state index contributed by atoms with van der Waals surface area (Å²) in [6.07, 6.45) is 3.37. The van der Waals surface area contributed by atoms with Crippen LogP contribution in [0.15, 0.2) is 58.0 Å². The average Bonchev–Trinajstić information content (AvgIpc) is 3.21. The van der Waals surface area contributed by atoms with E-state index in [0.717, 1.165) is 12.8 Å². The highest BCUT2D eigenvalue weighted by Crippen LogP contribution is 2.22. The Kier molecular flexibility index (Phi) is 4.61. The van der Waals surface area contributed by atoms with Crippen molar-refractivity contribution in [2.45, 2.75) is 30.4 Å². The quantitative estimate of drug-likeness (QED) is 0.820. The molecule has 1 aromatic carbocycles. The van der Waals surface area contributed by atoms with Crippen LogP contribution in [0.3, 0.4) is 0 Å². The van der Waals surface area contributed by atoms with Crippen LogP contribution in [0, 0.1) is 0 Å². The van der Waals surface area contributed by atoms with Gasteiger partial charge in [0, 0.05) is 13.2 Å². The van der Waals surface area contributed by atoms with Crippen LogP contribution in [0.1, 0.15) is 18.6 Å². The Morgan fingerprint density at radius 1 is 1.14 bits per heavy atom. The number of ether oxygens (including phenoxy) is 1. The molecular weight excluding hydrogens is 302 g/mol. The summed E-state index contributed by atoms with van der Waals surface area (Å²) < 4.78 is 38.1. The molecule has 0 N–H and O–H groups in total. The Morgan fingerprint density at radius 3 is 2.59 bits per heavy atom. The summed E-state index contributed by atoms with van der Waals surface area (Å²) in [6, 6.07) is 12.0. The molecule has 0 saturated carbocycles. The molecule has 1 atom stereocenters. The molecule has 1 aliphatic rings. The molecule has 0 bridgehead atoms. The van der Waals surface area contributed by atoms with Gasteiger partial charge in [-0.2, -0.15) is 4.31 Å². The minimum Gasteiger partial charge on any atom is -0.468 e. The SMILES string of the molecule is O=S(=O)(c1ccccc1)N(Cc1ccco1)CC1CCCO1. The van der Waals surface area contributed by atoms with Crippen LogP contribution in [0.5, 0.6) is 0 Å². The second kappa shape index (κ2) is 6.64. The Hall–Kier alpha value is -1.63. The minimum absolute atomic E-state index is 0.0477.